The van der Waals surface area contributed by atoms with Crippen LogP contribution >= 0.6 is 0 Å². The first-order valence-corrected chi connectivity index (χ1v) is 5.84. The van der Waals surface area contributed by atoms with Crippen LogP contribution in [0.2, 0.25) is 0 Å². The maximum atomic E-state index is 10.8. The van der Waals surface area contributed by atoms with Crippen LogP contribution in [0.5, 0.6) is 0 Å². The Morgan fingerprint density at radius 3 is 1.77 bits per heavy atom. The zero-order valence-corrected chi connectivity index (χ0v) is 9.51. The molecule has 0 aromatic rings. The third-order valence-electron chi connectivity index (χ3n) is 2.92. The third-order valence-corrected chi connectivity index (χ3v) is 2.92. The van der Waals surface area contributed by atoms with E-state index in [2.05, 4.69) is 20.8 Å². The van der Waals surface area contributed by atoms with Gasteiger partial charge in [-0.05, 0) is 11.8 Å². The van der Waals surface area contributed by atoms with Crippen molar-refractivity contribution in [1.29, 1.82) is 0 Å². The second kappa shape index (κ2) is 8.55. The Labute approximate surface area is 83.5 Å². The van der Waals surface area contributed by atoms with Crippen LogP contribution in [0.1, 0.15) is 59.3 Å². The van der Waals surface area contributed by atoms with Crippen molar-refractivity contribution in [2.75, 3.05) is 6.61 Å². The molecule has 0 saturated heterocycles. The van der Waals surface area contributed by atoms with Crippen LogP contribution in [0.25, 0.3) is 0 Å². The molecule has 1 radical (unpaired) electrons. The van der Waals surface area contributed by atoms with Crippen LogP contribution < -0.4 is 0 Å². The zero-order chi connectivity index (χ0) is 10.1. The minimum absolute atomic E-state index is 0.109. The normalized spacial score (nSPS) is 13.6. The highest BCUT2D eigenvalue weighted by molar-refractivity contribution is 4.65. The summed E-state index contributed by atoms with van der Waals surface area (Å²) in [5.41, 5.74) is 0. The number of hydrogen-bond acceptors (Lipinski definition) is 0. The summed E-state index contributed by atoms with van der Waals surface area (Å²) in [6.45, 7) is 6.67. The lowest BCUT2D eigenvalue weighted by Crippen LogP contribution is -2.14. The Bertz CT molecular complexity index is 93.3. The monoisotopic (exact) mass is 185 g/mol. The quantitative estimate of drug-likeness (QED) is 0.543. The summed E-state index contributed by atoms with van der Waals surface area (Å²) in [6, 6.07) is 0. The Morgan fingerprint density at radius 1 is 1.00 bits per heavy atom. The fourth-order valence-electron chi connectivity index (χ4n) is 1.78. The van der Waals surface area contributed by atoms with E-state index in [1.165, 1.54) is 38.5 Å². The molecule has 0 N–H and O–H groups in total. The molecule has 1 nitrogen and oxygen atoms in total. The smallest absolute Gasteiger partial charge is 0.0850 e. The summed E-state index contributed by atoms with van der Waals surface area (Å²) in [5, 5.41) is 10.8. The van der Waals surface area contributed by atoms with Gasteiger partial charge >= 0.3 is 0 Å². The molecule has 0 saturated carbocycles. The third kappa shape index (κ3) is 6.09. The highest BCUT2D eigenvalue weighted by atomic mass is 16.3. The van der Waals surface area contributed by atoms with Gasteiger partial charge in [-0.3, -0.25) is 0 Å². The largest absolute Gasteiger partial charge is 0.236 e. The molecule has 0 aliphatic carbocycles. The number of unbranched alkanes of at least 4 members (excludes halogenated alkanes) is 2. The average molecular weight is 185 g/mol. The van der Waals surface area contributed by atoms with Gasteiger partial charge in [-0.25, -0.2) is 5.11 Å². The lowest BCUT2D eigenvalue weighted by atomic mass is 9.86. The van der Waals surface area contributed by atoms with Gasteiger partial charge < -0.3 is 0 Å². The number of hydrogen-bond donors (Lipinski definition) is 0. The second-order valence-corrected chi connectivity index (χ2v) is 4.19. The Hall–Kier alpha value is -0.0400. The molecular weight excluding hydrogens is 160 g/mol. The van der Waals surface area contributed by atoms with E-state index in [1.54, 1.807) is 0 Å². The van der Waals surface area contributed by atoms with Crippen molar-refractivity contribution in [2.24, 2.45) is 11.8 Å². The Balaban J connectivity index is 3.72. The van der Waals surface area contributed by atoms with E-state index in [9.17, 15) is 5.11 Å². The van der Waals surface area contributed by atoms with Crippen molar-refractivity contribution < 1.29 is 5.11 Å². The van der Waals surface area contributed by atoms with Crippen molar-refractivity contribution >= 4 is 0 Å². The van der Waals surface area contributed by atoms with Gasteiger partial charge in [0.1, 0.15) is 0 Å². The molecule has 1 atom stereocenters. The SMILES string of the molecule is CCCCC(CCCC)C(C)C[O]. The molecule has 0 rings (SSSR count). The van der Waals surface area contributed by atoms with Crippen LogP contribution in [0.15, 0.2) is 0 Å². The van der Waals surface area contributed by atoms with E-state index in [1.807, 2.05) is 0 Å². The van der Waals surface area contributed by atoms with E-state index in [-0.39, 0.29) is 6.61 Å². The maximum absolute atomic E-state index is 10.8. The first-order valence-electron chi connectivity index (χ1n) is 5.84. The predicted molar refractivity (Wildman–Crippen MR) is 57.3 cm³/mol. The fraction of sp³-hybridized carbons (Fsp3) is 1.00. The van der Waals surface area contributed by atoms with E-state index >= 15 is 0 Å². The van der Waals surface area contributed by atoms with Gasteiger partial charge in [-0.15, -0.1) is 0 Å². The summed E-state index contributed by atoms with van der Waals surface area (Å²) < 4.78 is 0. The number of rotatable bonds is 8. The van der Waals surface area contributed by atoms with Crippen LogP contribution in [-0.2, 0) is 5.11 Å². The Morgan fingerprint density at radius 2 is 1.46 bits per heavy atom. The average Bonchev–Trinajstić information content (AvgIpc) is 2.17. The van der Waals surface area contributed by atoms with E-state index < -0.39 is 0 Å². The molecule has 0 fully saturated rings. The highest BCUT2D eigenvalue weighted by Crippen LogP contribution is 2.24. The standard InChI is InChI=1S/C12H25O/c1-4-6-8-12(9-7-5-2)11(3)10-13/h11-12H,4-10H2,1-3H3. The summed E-state index contributed by atoms with van der Waals surface area (Å²) in [4.78, 5) is 0. The molecule has 0 spiro atoms. The van der Waals surface area contributed by atoms with Gasteiger partial charge in [0.05, 0.1) is 6.61 Å². The lowest BCUT2D eigenvalue weighted by molar-refractivity contribution is 0.111. The molecule has 0 heterocycles. The van der Waals surface area contributed by atoms with Crippen molar-refractivity contribution in [3.8, 4) is 0 Å². The molecule has 0 amide bonds. The van der Waals surface area contributed by atoms with Crippen molar-refractivity contribution in [1.82, 2.24) is 0 Å². The first-order chi connectivity index (χ1) is 6.26. The van der Waals surface area contributed by atoms with Crippen LogP contribution in [0.3, 0.4) is 0 Å². The van der Waals surface area contributed by atoms with E-state index in [4.69, 9.17) is 0 Å². The molecule has 79 valence electrons. The van der Waals surface area contributed by atoms with Gasteiger partial charge in [0, 0.05) is 0 Å². The molecule has 0 bridgehead atoms. The zero-order valence-electron chi connectivity index (χ0n) is 9.51. The van der Waals surface area contributed by atoms with Gasteiger partial charge in [0.15, 0.2) is 0 Å². The lowest BCUT2D eigenvalue weighted by Gasteiger charge is -2.21. The minimum atomic E-state index is 0.109. The topological polar surface area (TPSA) is 19.9 Å². The molecule has 0 aromatic carbocycles. The predicted octanol–water partition coefficient (Wildman–Crippen LogP) is 4.05. The molecule has 0 aliphatic rings. The van der Waals surface area contributed by atoms with Gasteiger partial charge in [0.25, 0.3) is 0 Å². The highest BCUT2D eigenvalue weighted by Gasteiger charge is 2.15. The molecule has 0 aliphatic heterocycles. The molecule has 0 aromatic heterocycles. The van der Waals surface area contributed by atoms with Crippen molar-refractivity contribution in [2.45, 2.75) is 59.3 Å². The first kappa shape index (κ1) is 13.0. The van der Waals surface area contributed by atoms with Crippen LogP contribution in [0.4, 0.5) is 0 Å². The molecule has 1 unspecified atom stereocenters. The summed E-state index contributed by atoms with van der Waals surface area (Å²) in [6.07, 6.45) is 7.62. The summed E-state index contributed by atoms with van der Waals surface area (Å²) in [7, 11) is 0. The van der Waals surface area contributed by atoms with Crippen LogP contribution in [-0.4, -0.2) is 6.61 Å². The molecular formula is C12H25O. The van der Waals surface area contributed by atoms with Crippen molar-refractivity contribution in [3.05, 3.63) is 0 Å². The van der Waals surface area contributed by atoms with E-state index in [0.717, 1.165) is 0 Å². The fourth-order valence-corrected chi connectivity index (χ4v) is 1.78. The van der Waals surface area contributed by atoms with E-state index in [0.29, 0.717) is 11.8 Å². The van der Waals surface area contributed by atoms with Crippen LogP contribution in [0, 0.1) is 11.8 Å². The Kier molecular flexibility index (Phi) is 8.53. The molecule has 1 heteroatoms. The molecule has 13 heavy (non-hydrogen) atoms. The van der Waals surface area contributed by atoms with Gasteiger partial charge in [0.2, 0.25) is 0 Å². The summed E-state index contributed by atoms with van der Waals surface area (Å²) in [5.74, 6) is 1.08. The van der Waals surface area contributed by atoms with Crippen molar-refractivity contribution in [3.63, 3.8) is 0 Å². The summed E-state index contributed by atoms with van der Waals surface area (Å²) >= 11 is 0. The minimum Gasteiger partial charge on any atom is -0.236 e. The second-order valence-electron chi connectivity index (χ2n) is 4.19. The maximum Gasteiger partial charge on any atom is 0.0850 e. The van der Waals surface area contributed by atoms with Gasteiger partial charge in [-0.2, -0.15) is 0 Å². The van der Waals surface area contributed by atoms with Gasteiger partial charge in [-0.1, -0.05) is 59.3 Å².